The molecular weight excluding hydrogens is 234 g/mol. The Morgan fingerprint density at radius 1 is 1.44 bits per heavy atom. The van der Waals surface area contributed by atoms with E-state index < -0.39 is 12.1 Å². The fourth-order valence-corrected chi connectivity index (χ4v) is 1.99. The van der Waals surface area contributed by atoms with Gasteiger partial charge in [-0.05, 0) is 5.56 Å². The number of carbonyl (C=O) groups excluding carboxylic acids is 1. The Morgan fingerprint density at radius 2 is 2.17 bits per heavy atom. The SMILES string of the molecule is O=C(NCc1ccccc1)C1CC([N+](=O)[O-])CN1. The van der Waals surface area contributed by atoms with E-state index in [0.717, 1.165) is 5.56 Å². The molecule has 0 aliphatic carbocycles. The zero-order valence-corrected chi connectivity index (χ0v) is 9.83. The van der Waals surface area contributed by atoms with Gasteiger partial charge in [0, 0.05) is 17.9 Å². The molecule has 1 aromatic carbocycles. The maximum atomic E-state index is 11.8. The minimum atomic E-state index is -0.655. The molecule has 1 fully saturated rings. The predicted molar refractivity (Wildman–Crippen MR) is 65.5 cm³/mol. The lowest BCUT2D eigenvalue weighted by Gasteiger charge is -2.10. The van der Waals surface area contributed by atoms with E-state index in [1.807, 2.05) is 30.3 Å². The zero-order chi connectivity index (χ0) is 13.0. The van der Waals surface area contributed by atoms with Gasteiger partial charge in [0.25, 0.3) is 0 Å². The Labute approximate surface area is 105 Å². The number of nitrogens with one attached hydrogen (secondary N) is 2. The van der Waals surface area contributed by atoms with Gasteiger partial charge < -0.3 is 5.32 Å². The van der Waals surface area contributed by atoms with Crippen LogP contribution in [-0.4, -0.2) is 29.5 Å². The number of amides is 1. The van der Waals surface area contributed by atoms with Gasteiger partial charge in [-0.2, -0.15) is 0 Å². The molecular formula is C12H15N3O3. The fourth-order valence-electron chi connectivity index (χ4n) is 1.99. The van der Waals surface area contributed by atoms with Crippen LogP contribution in [0.2, 0.25) is 0 Å². The molecule has 6 nitrogen and oxygen atoms in total. The molecule has 0 radical (unpaired) electrons. The maximum absolute atomic E-state index is 11.8. The van der Waals surface area contributed by atoms with Crippen LogP contribution in [0.1, 0.15) is 12.0 Å². The molecule has 2 rings (SSSR count). The van der Waals surface area contributed by atoms with Gasteiger partial charge in [-0.1, -0.05) is 30.3 Å². The highest BCUT2D eigenvalue weighted by molar-refractivity contribution is 5.82. The van der Waals surface area contributed by atoms with Crippen molar-refractivity contribution in [2.45, 2.75) is 25.0 Å². The Hall–Kier alpha value is -1.95. The van der Waals surface area contributed by atoms with Gasteiger partial charge in [-0.15, -0.1) is 0 Å². The molecule has 1 amide bonds. The molecule has 6 heteroatoms. The molecule has 0 saturated carbocycles. The first-order valence-electron chi connectivity index (χ1n) is 5.85. The van der Waals surface area contributed by atoms with Crippen molar-refractivity contribution in [3.8, 4) is 0 Å². The van der Waals surface area contributed by atoms with Gasteiger partial charge in [-0.25, -0.2) is 0 Å². The summed E-state index contributed by atoms with van der Waals surface area (Å²) < 4.78 is 0. The molecule has 0 bridgehead atoms. The van der Waals surface area contributed by atoms with Crippen molar-refractivity contribution >= 4 is 5.91 Å². The number of hydrogen-bond donors (Lipinski definition) is 2. The highest BCUT2D eigenvalue weighted by Gasteiger charge is 2.35. The van der Waals surface area contributed by atoms with Crippen LogP contribution in [0.3, 0.4) is 0 Å². The van der Waals surface area contributed by atoms with E-state index in [9.17, 15) is 14.9 Å². The summed E-state index contributed by atoms with van der Waals surface area (Å²) in [7, 11) is 0. The Kier molecular flexibility index (Phi) is 3.88. The van der Waals surface area contributed by atoms with E-state index >= 15 is 0 Å². The summed E-state index contributed by atoms with van der Waals surface area (Å²) in [5, 5.41) is 16.2. The average Bonchev–Trinajstić information content (AvgIpc) is 2.87. The van der Waals surface area contributed by atoms with E-state index in [1.165, 1.54) is 0 Å². The number of carbonyl (C=O) groups is 1. The fraction of sp³-hybridized carbons (Fsp3) is 0.417. The maximum Gasteiger partial charge on any atom is 0.237 e. The second kappa shape index (κ2) is 5.59. The lowest BCUT2D eigenvalue weighted by molar-refractivity contribution is -0.517. The van der Waals surface area contributed by atoms with Gasteiger partial charge in [0.05, 0.1) is 12.6 Å². The van der Waals surface area contributed by atoms with Crippen LogP contribution in [0.4, 0.5) is 0 Å². The number of benzene rings is 1. The zero-order valence-electron chi connectivity index (χ0n) is 9.83. The molecule has 96 valence electrons. The largest absolute Gasteiger partial charge is 0.351 e. The van der Waals surface area contributed by atoms with Crippen LogP contribution < -0.4 is 10.6 Å². The van der Waals surface area contributed by atoms with Crippen molar-refractivity contribution in [3.05, 3.63) is 46.0 Å². The predicted octanol–water partition coefficient (Wildman–Crippen LogP) is 0.310. The summed E-state index contributed by atoms with van der Waals surface area (Å²) in [4.78, 5) is 22.0. The number of nitrogens with zero attached hydrogens (tertiary/aromatic N) is 1. The lowest BCUT2D eigenvalue weighted by atomic mass is 10.1. The van der Waals surface area contributed by atoms with Gasteiger partial charge in [0.15, 0.2) is 0 Å². The normalized spacial score (nSPS) is 22.7. The van der Waals surface area contributed by atoms with Gasteiger partial charge in [0.1, 0.15) is 0 Å². The first kappa shape index (κ1) is 12.5. The third-order valence-corrected chi connectivity index (χ3v) is 3.03. The van der Waals surface area contributed by atoms with E-state index in [0.29, 0.717) is 6.54 Å². The Morgan fingerprint density at radius 3 is 2.78 bits per heavy atom. The number of hydrogen-bond acceptors (Lipinski definition) is 4. The third-order valence-electron chi connectivity index (χ3n) is 3.03. The second-order valence-corrected chi connectivity index (χ2v) is 4.34. The van der Waals surface area contributed by atoms with Crippen molar-refractivity contribution in [2.75, 3.05) is 6.54 Å². The summed E-state index contributed by atoms with van der Waals surface area (Å²) in [6.45, 7) is 0.706. The van der Waals surface area contributed by atoms with E-state index in [-0.39, 0.29) is 23.8 Å². The molecule has 1 aromatic rings. The van der Waals surface area contributed by atoms with Crippen molar-refractivity contribution in [3.63, 3.8) is 0 Å². The van der Waals surface area contributed by atoms with Gasteiger partial charge in [-0.3, -0.25) is 20.2 Å². The first-order valence-corrected chi connectivity index (χ1v) is 5.85. The first-order chi connectivity index (χ1) is 8.66. The quantitative estimate of drug-likeness (QED) is 0.594. The van der Waals surface area contributed by atoms with Crippen molar-refractivity contribution in [2.24, 2.45) is 0 Å². The average molecular weight is 249 g/mol. The summed E-state index contributed by atoms with van der Waals surface area (Å²) in [5.41, 5.74) is 1.01. The molecule has 2 unspecified atom stereocenters. The van der Waals surface area contributed by atoms with Gasteiger partial charge >= 0.3 is 0 Å². The molecule has 2 N–H and O–H groups in total. The van der Waals surface area contributed by atoms with Crippen molar-refractivity contribution in [1.29, 1.82) is 0 Å². The second-order valence-electron chi connectivity index (χ2n) is 4.34. The smallest absolute Gasteiger partial charge is 0.237 e. The van der Waals surface area contributed by atoms with Crippen LogP contribution in [0, 0.1) is 10.1 Å². The molecule has 2 atom stereocenters. The molecule has 1 aliphatic rings. The van der Waals surface area contributed by atoms with Crippen LogP contribution in [0.5, 0.6) is 0 Å². The van der Waals surface area contributed by atoms with Crippen LogP contribution in [-0.2, 0) is 11.3 Å². The topological polar surface area (TPSA) is 84.3 Å². The highest BCUT2D eigenvalue weighted by atomic mass is 16.6. The van der Waals surface area contributed by atoms with Crippen LogP contribution in [0.25, 0.3) is 0 Å². The van der Waals surface area contributed by atoms with Crippen LogP contribution >= 0.6 is 0 Å². The van der Waals surface area contributed by atoms with Crippen LogP contribution in [0.15, 0.2) is 30.3 Å². The molecule has 0 aromatic heterocycles. The summed E-state index contributed by atoms with van der Waals surface area (Å²) in [6, 6.07) is 8.44. The number of rotatable bonds is 4. The summed E-state index contributed by atoms with van der Waals surface area (Å²) in [6.07, 6.45) is 0.258. The minimum Gasteiger partial charge on any atom is -0.351 e. The van der Waals surface area contributed by atoms with E-state index in [1.54, 1.807) is 0 Å². The van der Waals surface area contributed by atoms with Gasteiger partial charge in [0.2, 0.25) is 11.9 Å². The Bertz CT molecular complexity index is 435. The lowest BCUT2D eigenvalue weighted by Crippen LogP contribution is -2.39. The van der Waals surface area contributed by atoms with Crippen molar-refractivity contribution in [1.82, 2.24) is 10.6 Å². The molecule has 1 heterocycles. The third kappa shape index (κ3) is 3.04. The minimum absolute atomic E-state index is 0.178. The molecule has 18 heavy (non-hydrogen) atoms. The number of nitro groups is 1. The molecule has 1 saturated heterocycles. The van der Waals surface area contributed by atoms with E-state index in [2.05, 4.69) is 10.6 Å². The summed E-state index contributed by atoms with van der Waals surface area (Å²) in [5.74, 6) is -0.178. The monoisotopic (exact) mass is 249 g/mol. The van der Waals surface area contributed by atoms with E-state index in [4.69, 9.17) is 0 Å². The van der Waals surface area contributed by atoms with Crippen molar-refractivity contribution < 1.29 is 9.72 Å². The molecule has 0 spiro atoms. The standard InChI is InChI=1S/C12H15N3O3/c16-12(11-6-10(8-13-11)15(17)18)14-7-9-4-2-1-3-5-9/h1-5,10-11,13H,6-8H2,(H,14,16). The summed E-state index contributed by atoms with van der Waals surface area (Å²) >= 11 is 0. The highest BCUT2D eigenvalue weighted by Crippen LogP contribution is 2.09. The molecule has 1 aliphatic heterocycles. The Balaban J connectivity index is 1.81.